The number of benzene rings is 1. The fourth-order valence-electron chi connectivity index (χ4n) is 3.76. The molecule has 1 amide bonds. The molecule has 0 atom stereocenters. The molecule has 0 unspecified atom stereocenters. The van der Waals surface area contributed by atoms with E-state index in [4.69, 9.17) is 4.98 Å². The molecule has 2 aliphatic rings. The Kier molecular flexibility index (Phi) is 7.82. The number of nitrogens with zero attached hydrogens (tertiary/aromatic N) is 4. The number of aryl methyl sites for hydroxylation is 1. The van der Waals surface area contributed by atoms with E-state index in [2.05, 4.69) is 47.4 Å². The molecule has 2 aliphatic heterocycles. The molecule has 0 radical (unpaired) electrons. The molecule has 1 saturated heterocycles. The number of carbonyl (C=O) groups excluding carboxylic acids is 1. The first-order chi connectivity index (χ1) is 15.6. The summed E-state index contributed by atoms with van der Waals surface area (Å²) in [6.45, 7) is 16.3. The maximum absolute atomic E-state index is 11.6. The highest BCUT2D eigenvalue weighted by molar-refractivity contribution is 5.87. The first-order valence-electron chi connectivity index (χ1n) is 11.4. The number of amides is 1. The molecular weight excluding hydrogens is 398 g/mol. The number of aromatic nitrogens is 2. The average Bonchev–Trinajstić information content (AvgIpc) is 2.80. The molecule has 6 heteroatoms. The van der Waals surface area contributed by atoms with Crippen LogP contribution in [0.1, 0.15) is 38.3 Å². The SMILES string of the molecule is C=CC(=O)N1CC(CCN2C(=C)C=Cc3cnc(Nc4ccc(CC)cc4)nc32)C1.CC. The number of hydrogen-bond acceptors (Lipinski definition) is 5. The molecule has 1 fully saturated rings. The van der Waals surface area contributed by atoms with Gasteiger partial charge >= 0.3 is 0 Å². The van der Waals surface area contributed by atoms with Gasteiger partial charge in [0.1, 0.15) is 5.82 Å². The molecule has 3 heterocycles. The Labute approximate surface area is 191 Å². The van der Waals surface area contributed by atoms with Crippen molar-refractivity contribution in [1.29, 1.82) is 0 Å². The molecular formula is C26H33N5O. The summed E-state index contributed by atoms with van der Waals surface area (Å²) in [4.78, 5) is 24.8. The molecule has 168 valence electrons. The van der Waals surface area contributed by atoms with Crippen LogP contribution in [-0.4, -0.2) is 40.4 Å². The lowest BCUT2D eigenvalue weighted by atomic mass is 9.95. The lowest BCUT2D eigenvalue weighted by Gasteiger charge is -2.40. The second-order valence-corrected chi connectivity index (χ2v) is 7.73. The van der Waals surface area contributed by atoms with E-state index in [9.17, 15) is 4.79 Å². The van der Waals surface area contributed by atoms with Gasteiger partial charge in [-0.2, -0.15) is 4.98 Å². The minimum Gasteiger partial charge on any atom is -0.338 e. The predicted molar refractivity (Wildman–Crippen MR) is 133 cm³/mol. The van der Waals surface area contributed by atoms with Crippen LogP contribution < -0.4 is 10.2 Å². The van der Waals surface area contributed by atoms with Crippen LogP contribution in [0.2, 0.25) is 0 Å². The van der Waals surface area contributed by atoms with E-state index in [1.165, 1.54) is 11.6 Å². The summed E-state index contributed by atoms with van der Waals surface area (Å²) in [6.07, 6.45) is 9.20. The summed E-state index contributed by atoms with van der Waals surface area (Å²) >= 11 is 0. The van der Waals surface area contributed by atoms with E-state index in [0.717, 1.165) is 55.2 Å². The molecule has 6 nitrogen and oxygen atoms in total. The maximum Gasteiger partial charge on any atom is 0.245 e. The van der Waals surface area contributed by atoms with Crippen LogP contribution in [0.25, 0.3) is 6.08 Å². The minimum atomic E-state index is 0.0114. The predicted octanol–water partition coefficient (Wildman–Crippen LogP) is 5.19. The van der Waals surface area contributed by atoms with Crippen molar-refractivity contribution in [3.05, 3.63) is 72.6 Å². The highest BCUT2D eigenvalue weighted by Crippen LogP contribution is 2.31. The molecule has 1 aromatic carbocycles. The zero-order valence-corrected chi connectivity index (χ0v) is 19.3. The van der Waals surface area contributed by atoms with E-state index < -0.39 is 0 Å². The summed E-state index contributed by atoms with van der Waals surface area (Å²) in [6, 6.07) is 8.31. The van der Waals surface area contributed by atoms with Crippen LogP contribution in [0.3, 0.4) is 0 Å². The molecule has 0 aliphatic carbocycles. The zero-order valence-electron chi connectivity index (χ0n) is 19.3. The van der Waals surface area contributed by atoms with Gasteiger partial charge in [0.15, 0.2) is 0 Å². The molecule has 2 aromatic rings. The third-order valence-corrected chi connectivity index (χ3v) is 5.68. The molecule has 0 saturated carbocycles. The van der Waals surface area contributed by atoms with Crippen LogP contribution in [0.5, 0.6) is 0 Å². The number of carbonyl (C=O) groups is 1. The number of rotatable bonds is 7. The van der Waals surface area contributed by atoms with Crippen molar-refractivity contribution < 1.29 is 4.79 Å². The van der Waals surface area contributed by atoms with Crippen molar-refractivity contribution in [3.63, 3.8) is 0 Å². The topological polar surface area (TPSA) is 61.4 Å². The van der Waals surface area contributed by atoms with Gasteiger partial charge in [0, 0.05) is 42.8 Å². The van der Waals surface area contributed by atoms with Crippen molar-refractivity contribution in [2.45, 2.75) is 33.6 Å². The van der Waals surface area contributed by atoms with Gasteiger partial charge in [-0.1, -0.05) is 46.1 Å². The Bertz CT molecular complexity index is 990. The third kappa shape index (κ3) is 5.25. The average molecular weight is 432 g/mol. The second kappa shape index (κ2) is 10.8. The number of allylic oxidation sites excluding steroid dienone is 1. The summed E-state index contributed by atoms with van der Waals surface area (Å²) in [5.74, 6) is 1.94. The molecule has 4 rings (SSSR count). The number of hydrogen-bond donors (Lipinski definition) is 1. The van der Waals surface area contributed by atoms with Gasteiger partial charge in [-0.15, -0.1) is 0 Å². The summed E-state index contributed by atoms with van der Waals surface area (Å²) in [7, 11) is 0. The van der Waals surface area contributed by atoms with Gasteiger partial charge in [0.05, 0.1) is 0 Å². The number of likely N-dealkylation sites (tertiary alicyclic amines) is 1. The number of fused-ring (bicyclic) bond motifs is 1. The van der Waals surface area contributed by atoms with Crippen LogP contribution in [0.4, 0.5) is 17.5 Å². The monoisotopic (exact) mass is 431 g/mol. The summed E-state index contributed by atoms with van der Waals surface area (Å²) in [5, 5.41) is 3.30. The third-order valence-electron chi connectivity index (χ3n) is 5.68. The first kappa shape index (κ1) is 23.3. The molecule has 1 aromatic heterocycles. The Morgan fingerprint density at radius 2 is 1.94 bits per heavy atom. The number of nitrogens with one attached hydrogen (secondary N) is 1. The molecule has 0 bridgehead atoms. The quantitative estimate of drug-likeness (QED) is 0.611. The van der Waals surface area contributed by atoms with Gasteiger partial charge in [-0.25, -0.2) is 4.98 Å². The fourth-order valence-corrected chi connectivity index (χ4v) is 3.76. The second-order valence-electron chi connectivity index (χ2n) is 7.73. The van der Waals surface area contributed by atoms with E-state index in [1.54, 1.807) is 0 Å². The van der Waals surface area contributed by atoms with Gasteiger partial charge < -0.3 is 15.1 Å². The maximum atomic E-state index is 11.6. The van der Waals surface area contributed by atoms with E-state index in [0.29, 0.717) is 11.9 Å². The summed E-state index contributed by atoms with van der Waals surface area (Å²) in [5.41, 5.74) is 4.15. The van der Waals surface area contributed by atoms with Gasteiger partial charge in [-0.3, -0.25) is 4.79 Å². The van der Waals surface area contributed by atoms with Crippen molar-refractivity contribution in [3.8, 4) is 0 Å². The highest BCUT2D eigenvalue weighted by Gasteiger charge is 2.30. The fraction of sp³-hybridized carbons (Fsp3) is 0.346. The Morgan fingerprint density at radius 3 is 2.59 bits per heavy atom. The summed E-state index contributed by atoms with van der Waals surface area (Å²) < 4.78 is 0. The Hall–Kier alpha value is -3.41. The largest absolute Gasteiger partial charge is 0.338 e. The molecule has 32 heavy (non-hydrogen) atoms. The van der Waals surface area contributed by atoms with Crippen LogP contribution in [-0.2, 0) is 11.2 Å². The van der Waals surface area contributed by atoms with Crippen LogP contribution >= 0.6 is 0 Å². The normalized spacial score (nSPS) is 14.8. The zero-order chi connectivity index (χ0) is 23.1. The first-order valence-corrected chi connectivity index (χ1v) is 11.4. The Morgan fingerprint density at radius 1 is 1.22 bits per heavy atom. The van der Waals surface area contributed by atoms with Crippen LogP contribution in [0, 0.1) is 5.92 Å². The number of anilines is 3. The Balaban J connectivity index is 0.00000141. The molecule has 1 N–H and O–H groups in total. The molecule has 0 spiro atoms. The smallest absolute Gasteiger partial charge is 0.245 e. The van der Waals surface area contributed by atoms with Gasteiger partial charge in [-0.05, 0) is 54.7 Å². The lowest BCUT2D eigenvalue weighted by molar-refractivity contribution is -0.132. The lowest BCUT2D eigenvalue weighted by Crippen LogP contribution is -2.50. The van der Waals surface area contributed by atoms with E-state index in [-0.39, 0.29) is 5.91 Å². The van der Waals surface area contributed by atoms with E-state index in [1.807, 2.05) is 49.2 Å². The van der Waals surface area contributed by atoms with Crippen molar-refractivity contribution >= 4 is 29.4 Å². The standard InChI is InChI=1S/C24H27N5O.C2H6/c1-4-18-7-10-21(11-8-18)26-24-25-14-20-9-6-17(3)29(23(20)27-24)13-12-19-15-28(16-19)22(30)5-2;1-2/h5-11,14,19H,2-4,12-13,15-16H2,1H3,(H,25,26,27);1-2H3. The van der Waals surface area contributed by atoms with Crippen molar-refractivity contribution in [2.24, 2.45) is 5.92 Å². The van der Waals surface area contributed by atoms with Crippen LogP contribution in [0.15, 0.2) is 61.5 Å². The minimum absolute atomic E-state index is 0.0114. The van der Waals surface area contributed by atoms with Gasteiger partial charge in [0.2, 0.25) is 11.9 Å². The van der Waals surface area contributed by atoms with Crippen molar-refractivity contribution in [2.75, 3.05) is 29.9 Å². The van der Waals surface area contributed by atoms with E-state index >= 15 is 0 Å². The highest BCUT2D eigenvalue weighted by atomic mass is 16.2. The van der Waals surface area contributed by atoms with Crippen molar-refractivity contribution in [1.82, 2.24) is 14.9 Å². The van der Waals surface area contributed by atoms with Gasteiger partial charge in [0.25, 0.3) is 0 Å².